The summed E-state index contributed by atoms with van der Waals surface area (Å²) in [5, 5.41) is 0. The number of hydrogen-bond acceptors (Lipinski definition) is 1. The highest BCUT2D eigenvalue weighted by Gasteiger charge is 2.01. The highest BCUT2D eigenvalue weighted by atomic mass is 16.1. The minimum absolute atomic E-state index is 0.782. The van der Waals surface area contributed by atoms with Crippen molar-refractivity contribution < 1.29 is 4.79 Å². The minimum Gasteiger partial charge on any atom is -0.298 e. The van der Waals surface area contributed by atoms with Crippen LogP contribution in [0, 0.1) is 0 Å². The van der Waals surface area contributed by atoms with Crippen LogP contribution in [0.15, 0.2) is 36.4 Å². The largest absolute Gasteiger partial charge is 0.298 e. The van der Waals surface area contributed by atoms with Crippen molar-refractivity contribution in [3.8, 4) is 0 Å². The summed E-state index contributed by atoms with van der Waals surface area (Å²) in [5.41, 5.74) is 3.06. The van der Waals surface area contributed by atoms with Crippen LogP contribution >= 0.6 is 0 Å². The van der Waals surface area contributed by atoms with Gasteiger partial charge in [0.25, 0.3) is 0 Å². The van der Waals surface area contributed by atoms with E-state index in [-0.39, 0.29) is 0 Å². The number of allylic oxidation sites excluding steroid dienone is 1. The molecule has 0 bridgehead atoms. The van der Waals surface area contributed by atoms with Gasteiger partial charge >= 0.3 is 0 Å². The number of hydrogen-bond donors (Lipinski definition) is 0. The van der Waals surface area contributed by atoms with Crippen molar-refractivity contribution in [1.29, 1.82) is 0 Å². The van der Waals surface area contributed by atoms with Crippen LogP contribution in [0.4, 0.5) is 0 Å². The van der Waals surface area contributed by atoms with Gasteiger partial charge in [-0.05, 0) is 18.4 Å². The van der Waals surface area contributed by atoms with E-state index >= 15 is 0 Å². The van der Waals surface area contributed by atoms with Crippen molar-refractivity contribution in [2.75, 3.05) is 0 Å². The van der Waals surface area contributed by atoms with Gasteiger partial charge in [0.1, 0.15) is 6.29 Å². The van der Waals surface area contributed by atoms with Gasteiger partial charge in [-0.2, -0.15) is 0 Å². The predicted octanol–water partition coefficient (Wildman–Crippen LogP) is 3.40. The maximum Gasteiger partial charge on any atom is 0.150 e. The van der Waals surface area contributed by atoms with Gasteiger partial charge in [-0.3, -0.25) is 4.79 Å². The van der Waals surface area contributed by atoms with Crippen molar-refractivity contribution in [3.63, 3.8) is 0 Å². The Balaban J connectivity index is 2.75. The summed E-state index contributed by atoms with van der Waals surface area (Å²) in [5.74, 6) is 0. The highest BCUT2D eigenvalue weighted by molar-refractivity contribution is 5.77. The molecule has 0 fully saturated rings. The third kappa shape index (κ3) is 2.84. The van der Waals surface area contributed by atoms with Gasteiger partial charge < -0.3 is 0 Å². The van der Waals surface area contributed by atoms with Gasteiger partial charge in [-0.1, -0.05) is 49.8 Å². The molecule has 0 heterocycles. The Morgan fingerprint density at radius 2 is 2.14 bits per heavy atom. The zero-order chi connectivity index (χ0) is 10.4. The lowest BCUT2D eigenvalue weighted by molar-refractivity contribution is 0.112. The van der Waals surface area contributed by atoms with E-state index < -0.39 is 0 Å². The lowest BCUT2D eigenvalue weighted by atomic mass is 9.99. The zero-order valence-corrected chi connectivity index (χ0v) is 8.62. The second kappa shape index (κ2) is 5.38. The summed E-state index contributed by atoms with van der Waals surface area (Å²) in [7, 11) is 0. The molecule has 1 nitrogen and oxygen atoms in total. The Morgan fingerprint density at radius 3 is 2.79 bits per heavy atom. The van der Waals surface area contributed by atoms with Gasteiger partial charge in [0.05, 0.1) is 0 Å². The Labute approximate surface area is 85.5 Å². The molecule has 1 aromatic rings. The van der Waals surface area contributed by atoms with Gasteiger partial charge in [0.2, 0.25) is 0 Å². The van der Waals surface area contributed by atoms with Crippen molar-refractivity contribution in [1.82, 2.24) is 0 Å². The molecule has 0 unspecified atom stereocenters. The molecular formula is C13H16O. The summed E-state index contributed by atoms with van der Waals surface area (Å²) in [4.78, 5) is 10.7. The molecule has 0 N–H and O–H groups in total. The molecule has 0 atom stereocenters. The van der Waals surface area contributed by atoms with Gasteiger partial charge in [-0.15, -0.1) is 0 Å². The SMILES string of the molecule is C=C(CCC)Cc1ccccc1C=O. The van der Waals surface area contributed by atoms with Gasteiger partial charge in [0, 0.05) is 5.56 Å². The van der Waals surface area contributed by atoms with E-state index in [1.807, 2.05) is 24.3 Å². The second-order valence-corrected chi connectivity index (χ2v) is 3.49. The first-order valence-corrected chi connectivity index (χ1v) is 4.97. The average Bonchev–Trinajstić information content (AvgIpc) is 2.19. The number of aldehydes is 1. The van der Waals surface area contributed by atoms with Crippen LogP contribution in [0.25, 0.3) is 0 Å². The molecule has 0 radical (unpaired) electrons. The molecule has 0 saturated carbocycles. The topological polar surface area (TPSA) is 17.1 Å². The molecule has 0 aromatic heterocycles. The molecule has 0 aliphatic heterocycles. The first-order valence-electron chi connectivity index (χ1n) is 4.97. The van der Waals surface area contributed by atoms with Crippen molar-refractivity contribution >= 4 is 6.29 Å². The molecule has 1 heteroatoms. The summed E-state index contributed by atoms with van der Waals surface area (Å²) >= 11 is 0. The van der Waals surface area contributed by atoms with Crippen molar-refractivity contribution in [2.24, 2.45) is 0 Å². The minimum atomic E-state index is 0.782. The summed E-state index contributed by atoms with van der Waals surface area (Å²) in [6, 6.07) is 7.68. The molecule has 0 aliphatic rings. The third-order valence-corrected chi connectivity index (χ3v) is 2.23. The average molecular weight is 188 g/mol. The van der Waals surface area contributed by atoms with E-state index in [0.29, 0.717) is 0 Å². The lowest BCUT2D eigenvalue weighted by Gasteiger charge is -2.06. The number of carbonyl (C=O) groups is 1. The predicted molar refractivity (Wildman–Crippen MR) is 59.6 cm³/mol. The molecule has 1 aromatic carbocycles. The van der Waals surface area contributed by atoms with Crippen LogP contribution in [0.1, 0.15) is 35.7 Å². The molecule has 0 spiro atoms. The van der Waals surface area contributed by atoms with E-state index in [4.69, 9.17) is 0 Å². The fourth-order valence-corrected chi connectivity index (χ4v) is 1.52. The van der Waals surface area contributed by atoms with Crippen LogP contribution in [0.5, 0.6) is 0 Å². The Bertz CT molecular complexity index is 326. The first-order chi connectivity index (χ1) is 6.77. The van der Waals surface area contributed by atoms with Gasteiger partial charge in [0.15, 0.2) is 0 Å². The molecule has 0 amide bonds. The molecule has 0 saturated heterocycles. The summed E-state index contributed by atoms with van der Waals surface area (Å²) in [6.45, 7) is 6.13. The second-order valence-electron chi connectivity index (χ2n) is 3.49. The van der Waals surface area contributed by atoms with Crippen LogP contribution in [0.3, 0.4) is 0 Å². The normalized spacial score (nSPS) is 9.79. The quantitative estimate of drug-likeness (QED) is 0.511. The lowest BCUT2D eigenvalue weighted by Crippen LogP contribution is -1.94. The number of benzene rings is 1. The molecule has 14 heavy (non-hydrogen) atoms. The molecule has 74 valence electrons. The molecule has 1 rings (SSSR count). The van der Waals surface area contributed by atoms with Crippen LogP contribution in [-0.2, 0) is 6.42 Å². The maximum atomic E-state index is 10.7. The maximum absolute atomic E-state index is 10.7. The standard InChI is InChI=1S/C13H16O/c1-3-6-11(2)9-12-7-4-5-8-13(12)10-14/h4-5,7-8,10H,2-3,6,9H2,1H3. The Kier molecular flexibility index (Phi) is 4.11. The Hall–Kier alpha value is -1.37. The van der Waals surface area contributed by atoms with E-state index in [2.05, 4.69) is 13.5 Å². The smallest absolute Gasteiger partial charge is 0.150 e. The summed E-state index contributed by atoms with van der Waals surface area (Å²) in [6.07, 6.45) is 3.88. The monoisotopic (exact) mass is 188 g/mol. The zero-order valence-electron chi connectivity index (χ0n) is 8.62. The van der Waals surface area contributed by atoms with E-state index in [0.717, 1.165) is 36.7 Å². The van der Waals surface area contributed by atoms with E-state index in [1.54, 1.807) is 0 Å². The fraction of sp³-hybridized carbons (Fsp3) is 0.308. The first kappa shape index (κ1) is 10.7. The third-order valence-electron chi connectivity index (χ3n) is 2.23. The summed E-state index contributed by atoms with van der Waals surface area (Å²) < 4.78 is 0. The number of rotatable bonds is 5. The van der Waals surface area contributed by atoms with Crippen LogP contribution < -0.4 is 0 Å². The Morgan fingerprint density at radius 1 is 1.43 bits per heavy atom. The van der Waals surface area contributed by atoms with E-state index in [1.165, 1.54) is 5.57 Å². The fourth-order valence-electron chi connectivity index (χ4n) is 1.52. The molecular weight excluding hydrogens is 172 g/mol. The number of carbonyl (C=O) groups excluding carboxylic acids is 1. The van der Waals surface area contributed by atoms with E-state index in [9.17, 15) is 4.79 Å². The highest BCUT2D eigenvalue weighted by Crippen LogP contribution is 2.14. The van der Waals surface area contributed by atoms with Crippen LogP contribution in [-0.4, -0.2) is 6.29 Å². The van der Waals surface area contributed by atoms with Crippen molar-refractivity contribution in [3.05, 3.63) is 47.5 Å². The van der Waals surface area contributed by atoms with Crippen molar-refractivity contribution in [2.45, 2.75) is 26.2 Å². The molecule has 0 aliphatic carbocycles. The van der Waals surface area contributed by atoms with Gasteiger partial charge in [-0.25, -0.2) is 0 Å². The van der Waals surface area contributed by atoms with Crippen LogP contribution in [0.2, 0.25) is 0 Å².